The number of hydrogen-bond donors (Lipinski definition) is 1. The van der Waals surface area contributed by atoms with Gasteiger partial charge in [0.15, 0.2) is 0 Å². The van der Waals surface area contributed by atoms with Crippen molar-refractivity contribution in [1.82, 2.24) is 0 Å². The topological polar surface area (TPSA) is 65.0 Å². The summed E-state index contributed by atoms with van der Waals surface area (Å²) in [6, 6.07) is 11.0. The van der Waals surface area contributed by atoms with E-state index in [1.807, 2.05) is 0 Å². The third-order valence-electron chi connectivity index (χ3n) is 3.31. The number of rotatable bonds is 9. The molecular weight excluding hydrogens is 315 g/mol. The van der Waals surface area contributed by atoms with Gasteiger partial charge in [0.1, 0.15) is 36.3 Å². The number of carboxylic acid groups (broad SMARTS) is 1. The second-order valence-corrected chi connectivity index (χ2v) is 5.02. The molecule has 0 saturated carbocycles. The third-order valence-corrected chi connectivity index (χ3v) is 3.31. The predicted octanol–water partition coefficient (Wildman–Crippen LogP) is 3.31. The van der Waals surface area contributed by atoms with Crippen LogP contribution in [0.25, 0.3) is 0 Å². The molecule has 2 rings (SSSR count). The molecule has 0 amide bonds. The van der Waals surface area contributed by atoms with E-state index in [4.69, 9.17) is 19.3 Å². The van der Waals surface area contributed by atoms with Gasteiger partial charge >= 0.3 is 5.97 Å². The van der Waals surface area contributed by atoms with Gasteiger partial charge in [-0.2, -0.15) is 0 Å². The van der Waals surface area contributed by atoms with Crippen molar-refractivity contribution < 1.29 is 28.5 Å². The Morgan fingerprint density at radius 2 is 1.71 bits per heavy atom. The molecule has 0 aromatic heterocycles. The Morgan fingerprint density at radius 1 is 1.04 bits per heavy atom. The lowest BCUT2D eigenvalue weighted by atomic mass is 10.1. The maximum absolute atomic E-state index is 12.8. The van der Waals surface area contributed by atoms with Crippen molar-refractivity contribution in [3.05, 3.63) is 53.8 Å². The Balaban J connectivity index is 1.91. The minimum atomic E-state index is -0.864. The summed E-state index contributed by atoms with van der Waals surface area (Å²) >= 11 is 0. The first-order chi connectivity index (χ1) is 11.6. The molecule has 1 N–H and O–H groups in total. The van der Waals surface area contributed by atoms with E-state index in [9.17, 15) is 9.18 Å². The number of carboxylic acids is 1. The Bertz CT molecular complexity index is 670. The van der Waals surface area contributed by atoms with Gasteiger partial charge in [-0.1, -0.05) is 6.07 Å². The minimum absolute atomic E-state index is 0.0226. The molecule has 6 heteroatoms. The summed E-state index contributed by atoms with van der Waals surface area (Å²) in [6.45, 7) is 0.547. The number of hydrogen-bond acceptors (Lipinski definition) is 4. The second-order valence-electron chi connectivity index (χ2n) is 5.02. The van der Waals surface area contributed by atoms with E-state index in [1.54, 1.807) is 37.4 Å². The Kier molecular flexibility index (Phi) is 6.42. The van der Waals surface area contributed by atoms with Crippen molar-refractivity contribution in [1.29, 1.82) is 0 Å². The van der Waals surface area contributed by atoms with Crippen LogP contribution in [-0.2, 0) is 11.2 Å². The summed E-state index contributed by atoms with van der Waals surface area (Å²) in [5.74, 6) is 0.563. The average Bonchev–Trinajstić information content (AvgIpc) is 2.58. The van der Waals surface area contributed by atoms with Crippen LogP contribution in [0.2, 0.25) is 0 Å². The van der Waals surface area contributed by atoms with Crippen molar-refractivity contribution in [2.75, 3.05) is 20.3 Å². The van der Waals surface area contributed by atoms with Crippen molar-refractivity contribution in [2.45, 2.75) is 12.8 Å². The number of methoxy groups -OCH3 is 1. The fourth-order valence-corrected chi connectivity index (χ4v) is 2.09. The molecule has 0 atom stereocenters. The smallest absolute Gasteiger partial charge is 0.303 e. The van der Waals surface area contributed by atoms with Crippen LogP contribution >= 0.6 is 0 Å². The highest BCUT2D eigenvalue weighted by Gasteiger charge is 2.08. The van der Waals surface area contributed by atoms with E-state index < -0.39 is 5.97 Å². The summed E-state index contributed by atoms with van der Waals surface area (Å²) in [5.41, 5.74) is 0.792. The van der Waals surface area contributed by atoms with E-state index in [-0.39, 0.29) is 25.5 Å². The first-order valence-corrected chi connectivity index (χ1v) is 7.48. The molecule has 5 nitrogen and oxygen atoms in total. The first-order valence-electron chi connectivity index (χ1n) is 7.48. The summed E-state index contributed by atoms with van der Waals surface area (Å²) in [5, 5.41) is 8.81. The Labute approximate surface area is 139 Å². The molecule has 0 bridgehead atoms. The molecular formula is C18H19FO5. The Morgan fingerprint density at radius 3 is 2.38 bits per heavy atom. The highest BCUT2D eigenvalue weighted by molar-refractivity contribution is 5.67. The van der Waals surface area contributed by atoms with E-state index in [2.05, 4.69) is 0 Å². The second kappa shape index (κ2) is 8.76. The van der Waals surface area contributed by atoms with Gasteiger partial charge in [0.2, 0.25) is 0 Å². The molecule has 0 fully saturated rings. The summed E-state index contributed by atoms with van der Waals surface area (Å²) in [7, 11) is 1.55. The van der Waals surface area contributed by atoms with Gasteiger partial charge in [-0.05, 0) is 42.3 Å². The van der Waals surface area contributed by atoms with Crippen LogP contribution < -0.4 is 14.2 Å². The molecule has 0 radical (unpaired) electrons. The fraction of sp³-hybridized carbons (Fsp3) is 0.278. The van der Waals surface area contributed by atoms with Gasteiger partial charge in [-0.3, -0.25) is 4.79 Å². The number of aryl methyl sites for hydroxylation is 1. The zero-order valence-electron chi connectivity index (χ0n) is 13.3. The summed E-state index contributed by atoms with van der Waals surface area (Å²) < 4.78 is 29.1. The largest absolute Gasteiger partial charge is 0.497 e. The summed E-state index contributed by atoms with van der Waals surface area (Å²) in [4.78, 5) is 10.7. The van der Waals surface area contributed by atoms with Gasteiger partial charge in [-0.15, -0.1) is 0 Å². The van der Waals surface area contributed by atoms with E-state index in [0.29, 0.717) is 23.7 Å². The maximum atomic E-state index is 12.8. The molecule has 0 aliphatic carbocycles. The van der Waals surface area contributed by atoms with Crippen LogP contribution in [0.15, 0.2) is 42.5 Å². The molecule has 0 heterocycles. The lowest BCUT2D eigenvalue weighted by Crippen LogP contribution is -2.10. The Hall–Kier alpha value is -2.76. The molecule has 24 heavy (non-hydrogen) atoms. The zero-order valence-corrected chi connectivity index (χ0v) is 13.3. The molecule has 128 valence electrons. The molecule has 0 saturated heterocycles. The molecule has 2 aromatic rings. The third kappa shape index (κ3) is 5.46. The maximum Gasteiger partial charge on any atom is 0.303 e. The van der Waals surface area contributed by atoms with E-state index in [0.717, 1.165) is 5.56 Å². The normalized spacial score (nSPS) is 10.2. The SMILES string of the molecule is COc1ccc(CCC(=O)O)c(OCCOc2ccc(F)cc2)c1. The standard InChI is InChI=1S/C18H19FO5/c1-22-16-6-2-13(3-9-18(20)21)17(12-16)24-11-10-23-15-7-4-14(19)5-8-15/h2,4-8,12H,3,9-11H2,1H3,(H,20,21). The molecule has 2 aromatic carbocycles. The van der Waals surface area contributed by atoms with Crippen LogP contribution in [0.4, 0.5) is 4.39 Å². The quantitative estimate of drug-likeness (QED) is 0.713. The van der Waals surface area contributed by atoms with Crippen LogP contribution in [0.1, 0.15) is 12.0 Å². The van der Waals surface area contributed by atoms with Crippen LogP contribution in [0.3, 0.4) is 0 Å². The van der Waals surface area contributed by atoms with Gasteiger partial charge in [0, 0.05) is 12.5 Å². The van der Waals surface area contributed by atoms with E-state index >= 15 is 0 Å². The van der Waals surface area contributed by atoms with Crippen LogP contribution in [0, 0.1) is 5.82 Å². The van der Waals surface area contributed by atoms with Gasteiger partial charge in [0.05, 0.1) is 7.11 Å². The van der Waals surface area contributed by atoms with Gasteiger partial charge < -0.3 is 19.3 Å². The first kappa shape index (κ1) is 17.6. The fourth-order valence-electron chi connectivity index (χ4n) is 2.09. The van der Waals surface area contributed by atoms with Crippen molar-refractivity contribution >= 4 is 5.97 Å². The number of ether oxygens (including phenoxy) is 3. The molecule has 0 spiro atoms. The molecule has 0 aliphatic rings. The number of aliphatic carboxylic acids is 1. The molecule has 0 unspecified atom stereocenters. The number of halogens is 1. The number of carbonyl (C=O) groups is 1. The van der Waals surface area contributed by atoms with Gasteiger partial charge in [0.25, 0.3) is 0 Å². The van der Waals surface area contributed by atoms with Crippen LogP contribution in [0.5, 0.6) is 17.2 Å². The minimum Gasteiger partial charge on any atom is -0.497 e. The van der Waals surface area contributed by atoms with Crippen molar-refractivity contribution in [3.8, 4) is 17.2 Å². The lowest BCUT2D eigenvalue weighted by molar-refractivity contribution is -0.136. The monoisotopic (exact) mass is 334 g/mol. The number of benzene rings is 2. The predicted molar refractivity (Wildman–Crippen MR) is 86.3 cm³/mol. The highest BCUT2D eigenvalue weighted by Crippen LogP contribution is 2.26. The lowest BCUT2D eigenvalue weighted by Gasteiger charge is -2.13. The zero-order chi connectivity index (χ0) is 17.4. The van der Waals surface area contributed by atoms with Crippen molar-refractivity contribution in [2.24, 2.45) is 0 Å². The van der Waals surface area contributed by atoms with Crippen LogP contribution in [-0.4, -0.2) is 31.4 Å². The molecule has 0 aliphatic heterocycles. The van der Waals surface area contributed by atoms with Crippen molar-refractivity contribution in [3.63, 3.8) is 0 Å². The van der Waals surface area contributed by atoms with Gasteiger partial charge in [-0.25, -0.2) is 4.39 Å². The highest BCUT2D eigenvalue weighted by atomic mass is 19.1. The van der Waals surface area contributed by atoms with E-state index in [1.165, 1.54) is 12.1 Å². The summed E-state index contributed by atoms with van der Waals surface area (Å²) in [6.07, 6.45) is 0.391. The average molecular weight is 334 g/mol.